The minimum atomic E-state index is -3.83. The molecule has 4 rings (SSSR count). The highest BCUT2D eigenvalue weighted by Gasteiger charge is 2.46. The SMILES string of the molecule is N#Cc1c(SCc2cccnc2)nc(N2CC(F)(F)C2)c(C#N)c1-c1ccc(OC(F)(F)CO)cn1. The van der Waals surface area contributed by atoms with Crippen molar-refractivity contribution in [1.29, 1.82) is 10.5 Å². The van der Waals surface area contributed by atoms with E-state index in [1.54, 1.807) is 18.5 Å². The van der Waals surface area contributed by atoms with Crippen molar-refractivity contribution in [3.8, 4) is 29.1 Å². The molecule has 0 atom stereocenters. The first kappa shape index (κ1) is 25.2. The second-order valence-corrected chi connectivity index (χ2v) is 8.69. The lowest BCUT2D eigenvalue weighted by Gasteiger charge is -2.40. The van der Waals surface area contributed by atoms with Crippen LogP contribution in [-0.4, -0.2) is 51.8 Å². The third-order valence-electron chi connectivity index (χ3n) is 5.05. The van der Waals surface area contributed by atoms with Gasteiger partial charge in [-0.15, -0.1) is 11.8 Å². The first-order chi connectivity index (χ1) is 17.2. The number of aliphatic hydroxyl groups excluding tert-OH is 1. The number of aromatic nitrogens is 3. The van der Waals surface area contributed by atoms with Crippen LogP contribution < -0.4 is 9.64 Å². The first-order valence-electron chi connectivity index (χ1n) is 10.3. The average molecular weight is 516 g/mol. The number of alkyl halides is 4. The molecule has 1 aliphatic rings. The maximum atomic E-state index is 13.6. The molecule has 0 unspecified atom stereocenters. The Morgan fingerprint density at radius 2 is 1.89 bits per heavy atom. The Morgan fingerprint density at radius 1 is 1.14 bits per heavy atom. The molecule has 0 aliphatic carbocycles. The van der Waals surface area contributed by atoms with E-state index in [4.69, 9.17) is 5.11 Å². The normalized spacial score (nSPS) is 14.5. The molecule has 1 N–H and O–H groups in total. The number of hydrogen-bond acceptors (Lipinski definition) is 9. The molecule has 0 radical (unpaired) electrons. The third-order valence-corrected chi connectivity index (χ3v) is 6.10. The van der Waals surface area contributed by atoms with Crippen LogP contribution in [0.2, 0.25) is 0 Å². The van der Waals surface area contributed by atoms with Gasteiger partial charge in [-0.2, -0.15) is 19.3 Å². The summed E-state index contributed by atoms with van der Waals surface area (Å²) in [5.74, 6) is -2.98. The van der Waals surface area contributed by atoms with Crippen molar-refractivity contribution in [3.05, 3.63) is 59.5 Å². The van der Waals surface area contributed by atoms with E-state index in [-0.39, 0.29) is 39.0 Å². The Morgan fingerprint density at radius 3 is 2.44 bits per heavy atom. The summed E-state index contributed by atoms with van der Waals surface area (Å²) in [6.07, 6.45) is 0.344. The van der Waals surface area contributed by atoms with Gasteiger partial charge in [0.2, 0.25) is 0 Å². The van der Waals surface area contributed by atoms with Gasteiger partial charge in [-0.25, -0.2) is 13.8 Å². The average Bonchev–Trinajstić information content (AvgIpc) is 2.86. The number of thioether (sulfide) groups is 1. The lowest BCUT2D eigenvalue weighted by molar-refractivity contribution is -0.201. The fraction of sp³-hybridized carbons (Fsp3) is 0.261. The van der Waals surface area contributed by atoms with E-state index in [1.165, 1.54) is 11.0 Å². The maximum Gasteiger partial charge on any atom is 0.421 e. The highest BCUT2D eigenvalue weighted by Crippen LogP contribution is 2.41. The van der Waals surface area contributed by atoms with Crippen molar-refractivity contribution in [1.82, 2.24) is 15.0 Å². The lowest BCUT2D eigenvalue weighted by Crippen LogP contribution is -2.57. The van der Waals surface area contributed by atoms with Crippen LogP contribution in [0.3, 0.4) is 0 Å². The number of nitriles is 2. The molecule has 1 aliphatic heterocycles. The summed E-state index contributed by atoms with van der Waals surface area (Å²) in [5.41, 5.74) is 0.754. The largest absolute Gasteiger partial charge is 0.429 e. The number of rotatable bonds is 8. The number of aliphatic hydroxyl groups is 1. The number of anilines is 1. The van der Waals surface area contributed by atoms with Crippen LogP contribution in [0.5, 0.6) is 5.75 Å². The summed E-state index contributed by atoms with van der Waals surface area (Å²) in [4.78, 5) is 13.7. The van der Waals surface area contributed by atoms with E-state index in [0.29, 0.717) is 5.75 Å². The van der Waals surface area contributed by atoms with Gasteiger partial charge in [-0.1, -0.05) is 6.07 Å². The zero-order valence-electron chi connectivity index (χ0n) is 18.3. The summed E-state index contributed by atoms with van der Waals surface area (Å²) < 4.78 is 58.4. The zero-order valence-corrected chi connectivity index (χ0v) is 19.1. The van der Waals surface area contributed by atoms with Gasteiger partial charge in [0.15, 0.2) is 0 Å². The van der Waals surface area contributed by atoms with Gasteiger partial charge in [-0.05, 0) is 23.8 Å². The molecular weight excluding hydrogens is 500 g/mol. The van der Waals surface area contributed by atoms with Gasteiger partial charge in [0.25, 0.3) is 5.92 Å². The van der Waals surface area contributed by atoms with Crippen molar-refractivity contribution >= 4 is 17.6 Å². The summed E-state index contributed by atoms with van der Waals surface area (Å²) in [6.45, 7) is -2.84. The second kappa shape index (κ2) is 9.97. The molecule has 8 nitrogen and oxygen atoms in total. The molecule has 13 heteroatoms. The quantitative estimate of drug-likeness (QED) is 0.350. The summed E-state index contributed by atoms with van der Waals surface area (Å²) >= 11 is 1.16. The van der Waals surface area contributed by atoms with E-state index in [1.807, 2.05) is 18.2 Å². The van der Waals surface area contributed by atoms with E-state index >= 15 is 0 Å². The molecule has 4 heterocycles. The highest BCUT2D eigenvalue weighted by atomic mass is 32.2. The monoisotopic (exact) mass is 516 g/mol. The molecular formula is C23H16F4N6O2S. The van der Waals surface area contributed by atoms with Gasteiger partial charge >= 0.3 is 6.11 Å². The van der Waals surface area contributed by atoms with E-state index < -0.39 is 31.7 Å². The van der Waals surface area contributed by atoms with Crippen LogP contribution in [0.15, 0.2) is 47.9 Å². The second-order valence-electron chi connectivity index (χ2n) is 7.73. The Hall–Kier alpha value is -3.94. The number of nitrogens with zero attached hydrogens (tertiary/aromatic N) is 6. The van der Waals surface area contributed by atoms with Crippen LogP contribution in [0.1, 0.15) is 16.7 Å². The predicted octanol–water partition coefficient (Wildman–Crippen LogP) is 3.99. The van der Waals surface area contributed by atoms with Crippen LogP contribution >= 0.6 is 11.8 Å². The smallest absolute Gasteiger partial charge is 0.421 e. The van der Waals surface area contributed by atoms with E-state index in [2.05, 4.69) is 19.7 Å². The fourth-order valence-electron chi connectivity index (χ4n) is 3.44. The minimum Gasteiger partial charge on any atom is -0.429 e. The predicted molar refractivity (Wildman–Crippen MR) is 121 cm³/mol. The van der Waals surface area contributed by atoms with Crippen LogP contribution in [0, 0.1) is 22.7 Å². The Kier molecular flexibility index (Phi) is 6.97. The number of ether oxygens (including phenoxy) is 1. The lowest BCUT2D eigenvalue weighted by atomic mass is 9.99. The van der Waals surface area contributed by atoms with Crippen LogP contribution in [0.25, 0.3) is 11.3 Å². The first-order valence-corrected chi connectivity index (χ1v) is 11.3. The highest BCUT2D eigenvalue weighted by molar-refractivity contribution is 7.98. The van der Waals surface area contributed by atoms with Crippen molar-refractivity contribution in [2.75, 3.05) is 24.6 Å². The minimum absolute atomic E-state index is 0.0154. The number of hydrogen-bond donors (Lipinski definition) is 1. The Balaban J connectivity index is 1.80. The van der Waals surface area contributed by atoms with Gasteiger partial charge in [0.05, 0.1) is 30.5 Å². The van der Waals surface area contributed by atoms with Gasteiger partial charge in [-0.3, -0.25) is 9.97 Å². The molecule has 0 amide bonds. The maximum absolute atomic E-state index is 13.6. The van der Waals surface area contributed by atoms with E-state index in [0.717, 1.165) is 29.6 Å². The van der Waals surface area contributed by atoms with Crippen molar-refractivity contribution in [2.24, 2.45) is 0 Å². The van der Waals surface area contributed by atoms with Gasteiger partial charge in [0, 0.05) is 23.7 Å². The molecule has 0 bridgehead atoms. The zero-order chi connectivity index (χ0) is 25.9. The Bertz CT molecular complexity index is 1340. The molecule has 36 heavy (non-hydrogen) atoms. The van der Waals surface area contributed by atoms with Crippen molar-refractivity contribution in [2.45, 2.75) is 22.8 Å². The topological polar surface area (TPSA) is 119 Å². The van der Waals surface area contributed by atoms with Crippen molar-refractivity contribution in [3.63, 3.8) is 0 Å². The summed E-state index contributed by atoms with van der Waals surface area (Å²) in [7, 11) is 0. The molecule has 0 saturated carbocycles. The Labute approximate surface area is 206 Å². The number of pyridine rings is 3. The molecule has 184 valence electrons. The molecule has 0 aromatic carbocycles. The van der Waals surface area contributed by atoms with Gasteiger partial charge in [0.1, 0.15) is 40.9 Å². The molecule has 3 aromatic heterocycles. The molecule has 0 spiro atoms. The van der Waals surface area contributed by atoms with Crippen LogP contribution in [-0.2, 0) is 5.75 Å². The molecule has 1 fully saturated rings. The van der Waals surface area contributed by atoms with Gasteiger partial charge < -0.3 is 14.7 Å². The summed E-state index contributed by atoms with van der Waals surface area (Å²) in [5, 5.41) is 28.8. The number of halogens is 4. The fourth-order valence-corrected chi connectivity index (χ4v) is 4.36. The van der Waals surface area contributed by atoms with E-state index in [9.17, 15) is 28.1 Å². The van der Waals surface area contributed by atoms with Crippen LogP contribution in [0.4, 0.5) is 23.4 Å². The molecule has 1 saturated heterocycles. The van der Waals surface area contributed by atoms with Crippen molar-refractivity contribution < 1.29 is 27.4 Å². The standard InChI is InChI=1S/C23H16F4N6O2S/c24-22(25)11-33(12-22)20-16(6-28)19(18-4-3-15(9-31-18)35-23(26,27)13-34)17(7-29)21(32-20)36-10-14-2-1-5-30-8-14/h1-5,8-9,34H,10-13H2. The summed E-state index contributed by atoms with van der Waals surface area (Å²) in [6, 6.07) is 9.89. The third kappa shape index (κ3) is 5.32. The molecule has 3 aromatic rings.